The summed E-state index contributed by atoms with van der Waals surface area (Å²) in [6.07, 6.45) is 0.211. The zero-order valence-corrected chi connectivity index (χ0v) is 15.9. The lowest BCUT2D eigenvalue weighted by molar-refractivity contribution is -0.129. The molecule has 0 aromatic heterocycles. The molecule has 0 aliphatic carbocycles. The number of primary amides is 1. The van der Waals surface area contributed by atoms with Crippen molar-refractivity contribution in [2.24, 2.45) is 17.6 Å². The van der Waals surface area contributed by atoms with Crippen molar-refractivity contribution in [3.63, 3.8) is 0 Å². The Labute approximate surface area is 145 Å². The van der Waals surface area contributed by atoms with Gasteiger partial charge in [0.15, 0.2) is 0 Å². The Balaban J connectivity index is 4.98. The second-order valence-electron chi connectivity index (χ2n) is 7.92. The number of nitrogens with two attached hydrogens (primary N) is 1. The molecule has 0 aliphatic rings. The maximum absolute atomic E-state index is 12.5. The van der Waals surface area contributed by atoms with E-state index in [1.165, 1.54) is 0 Å². The fourth-order valence-electron chi connectivity index (χ4n) is 2.14. The molecule has 2 unspecified atom stereocenters. The molecule has 0 bridgehead atoms. The van der Waals surface area contributed by atoms with Gasteiger partial charge in [-0.3, -0.25) is 9.59 Å². The highest BCUT2D eigenvalue weighted by molar-refractivity contribution is 5.90. The van der Waals surface area contributed by atoms with Crippen molar-refractivity contribution in [2.45, 2.75) is 79.0 Å². The summed E-state index contributed by atoms with van der Waals surface area (Å²) in [7, 11) is 0. The Kier molecular flexibility index (Phi) is 8.78. The zero-order chi connectivity index (χ0) is 19.1. The van der Waals surface area contributed by atoms with Crippen molar-refractivity contribution in [2.75, 3.05) is 0 Å². The second-order valence-corrected chi connectivity index (χ2v) is 7.92. The summed E-state index contributed by atoms with van der Waals surface area (Å²) in [5, 5.41) is 5.21. The smallest absolute Gasteiger partial charge is 0.408 e. The van der Waals surface area contributed by atoms with Gasteiger partial charge in [-0.25, -0.2) is 4.79 Å². The summed E-state index contributed by atoms with van der Waals surface area (Å²) in [5.41, 5.74) is 4.70. The van der Waals surface area contributed by atoms with Gasteiger partial charge >= 0.3 is 6.09 Å². The number of rotatable bonds is 8. The number of amides is 3. The van der Waals surface area contributed by atoms with Crippen LogP contribution in [-0.2, 0) is 14.3 Å². The Hall–Kier alpha value is -1.79. The van der Waals surface area contributed by atoms with Crippen LogP contribution in [0.3, 0.4) is 0 Å². The highest BCUT2D eigenvalue weighted by atomic mass is 16.6. The van der Waals surface area contributed by atoms with E-state index in [-0.39, 0.29) is 11.8 Å². The van der Waals surface area contributed by atoms with Gasteiger partial charge in [-0.05, 0) is 45.4 Å². The van der Waals surface area contributed by atoms with Crippen LogP contribution in [0.5, 0.6) is 0 Å². The molecule has 4 N–H and O–H groups in total. The number of nitrogens with one attached hydrogen (secondary N) is 2. The van der Waals surface area contributed by atoms with Gasteiger partial charge < -0.3 is 21.1 Å². The predicted octanol–water partition coefficient (Wildman–Crippen LogP) is 1.94. The fraction of sp³-hybridized carbons (Fsp3) is 0.824. The average Bonchev–Trinajstić information content (AvgIpc) is 2.33. The van der Waals surface area contributed by atoms with Crippen LogP contribution in [0, 0.1) is 11.8 Å². The van der Waals surface area contributed by atoms with E-state index >= 15 is 0 Å². The second kappa shape index (κ2) is 9.49. The van der Waals surface area contributed by atoms with Crippen molar-refractivity contribution in [1.29, 1.82) is 0 Å². The predicted molar refractivity (Wildman–Crippen MR) is 93.2 cm³/mol. The molecule has 0 radical (unpaired) electrons. The van der Waals surface area contributed by atoms with E-state index in [1.54, 1.807) is 20.8 Å². The van der Waals surface area contributed by atoms with Gasteiger partial charge in [0.2, 0.25) is 11.8 Å². The number of hydrogen-bond donors (Lipinski definition) is 3. The van der Waals surface area contributed by atoms with Crippen LogP contribution in [0.2, 0.25) is 0 Å². The maximum atomic E-state index is 12.5. The number of carbonyl (C=O) groups excluding carboxylic acids is 3. The topological polar surface area (TPSA) is 111 Å². The van der Waals surface area contributed by atoms with Crippen LogP contribution in [0.15, 0.2) is 0 Å². The molecule has 2 atom stereocenters. The lowest BCUT2D eigenvalue weighted by Crippen LogP contribution is -2.54. The fourth-order valence-corrected chi connectivity index (χ4v) is 2.14. The third-order valence-electron chi connectivity index (χ3n) is 3.08. The molecule has 3 amide bonds. The van der Waals surface area contributed by atoms with E-state index in [0.717, 1.165) is 0 Å². The van der Waals surface area contributed by atoms with Crippen LogP contribution in [0.4, 0.5) is 4.79 Å². The van der Waals surface area contributed by atoms with Crippen molar-refractivity contribution in [3.05, 3.63) is 0 Å². The van der Waals surface area contributed by atoms with E-state index in [9.17, 15) is 14.4 Å². The van der Waals surface area contributed by atoms with Crippen molar-refractivity contribution in [1.82, 2.24) is 10.6 Å². The number of ether oxygens (including phenoxy) is 1. The van der Waals surface area contributed by atoms with Gasteiger partial charge in [-0.1, -0.05) is 27.7 Å². The first-order chi connectivity index (χ1) is 10.8. The van der Waals surface area contributed by atoms with Crippen LogP contribution >= 0.6 is 0 Å². The van der Waals surface area contributed by atoms with E-state index in [1.807, 2.05) is 27.7 Å². The summed E-state index contributed by atoms with van der Waals surface area (Å²) < 4.78 is 5.20. The van der Waals surface area contributed by atoms with E-state index in [0.29, 0.717) is 12.8 Å². The zero-order valence-electron chi connectivity index (χ0n) is 15.9. The summed E-state index contributed by atoms with van der Waals surface area (Å²) in [6, 6.07) is -1.54. The first-order valence-corrected chi connectivity index (χ1v) is 8.41. The highest BCUT2D eigenvalue weighted by Gasteiger charge is 2.28. The molecule has 7 heteroatoms. The van der Waals surface area contributed by atoms with E-state index in [2.05, 4.69) is 10.6 Å². The standard InChI is InChI=1S/C17H33N3O4/c1-10(2)8-12(14(18)21)19-15(22)13(9-11(3)4)20-16(23)24-17(5,6)7/h10-13H,8-9H2,1-7H3,(H2,18,21)(H,19,22)(H,20,23). The van der Waals surface area contributed by atoms with Gasteiger partial charge in [0.05, 0.1) is 0 Å². The molecule has 7 nitrogen and oxygen atoms in total. The summed E-state index contributed by atoms with van der Waals surface area (Å²) in [5.74, 6) is -0.644. The van der Waals surface area contributed by atoms with E-state index < -0.39 is 35.6 Å². The number of hydrogen-bond acceptors (Lipinski definition) is 4. The molecule has 0 rings (SSSR count). The number of alkyl carbamates (subject to hydrolysis) is 1. The molecular formula is C17H33N3O4. The minimum Gasteiger partial charge on any atom is -0.444 e. The Morgan fingerprint density at radius 1 is 0.917 bits per heavy atom. The molecule has 0 aromatic carbocycles. The van der Waals surface area contributed by atoms with Crippen LogP contribution in [-0.4, -0.2) is 35.6 Å². The Morgan fingerprint density at radius 3 is 1.75 bits per heavy atom. The normalized spacial score (nSPS) is 14.2. The first kappa shape index (κ1) is 22.2. The van der Waals surface area contributed by atoms with Crippen LogP contribution in [0.25, 0.3) is 0 Å². The van der Waals surface area contributed by atoms with Gasteiger partial charge in [-0.2, -0.15) is 0 Å². The van der Waals surface area contributed by atoms with Crippen LogP contribution in [0.1, 0.15) is 61.3 Å². The largest absolute Gasteiger partial charge is 0.444 e. The SMILES string of the molecule is CC(C)CC(NC(=O)C(CC(C)C)NC(=O)OC(C)(C)C)C(N)=O. The van der Waals surface area contributed by atoms with Crippen molar-refractivity contribution in [3.8, 4) is 0 Å². The Bertz CT molecular complexity index is 442. The maximum Gasteiger partial charge on any atom is 0.408 e. The lowest BCUT2D eigenvalue weighted by Gasteiger charge is -2.26. The highest BCUT2D eigenvalue weighted by Crippen LogP contribution is 2.11. The number of carbonyl (C=O) groups is 3. The minimum absolute atomic E-state index is 0.174. The lowest BCUT2D eigenvalue weighted by atomic mass is 10.0. The first-order valence-electron chi connectivity index (χ1n) is 8.41. The average molecular weight is 343 g/mol. The van der Waals surface area contributed by atoms with Gasteiger partial charge in [0.25, 0.3) is 0 Å². The van der Waals surface area contributed by atoms with Gasteiger partial charge in [0, 0.05) is 0 Å². The van der Waals surface area contributed by atoms with Gasteiger partial charge in [0.1, 0.15) is 17.7 Å². The van der Waals surface area contributed by atoms with Gasteiger partial charge in [-0.15, -0.1) is 0 Å². The molecule has 0 saturated heterocycles. The molecule has 24 heavy (non-hydrogen) atoms. The molecule has 0 aliphatic heterocycles. The van der Waals surface area contributed by atoms with Crippen molar-refractivity contribution >= 4 is 17.9 Å². The third kappa shape index (κ3) is 10.1. The summed E-state index contributed by atoms with van der Waals surface area (Å²) in [4.78, 5) is 36.0. The molecule has 0 spiro atoms. The molecule has 0 aromatic rings. The molecule has 140 valence electrons. The summed E-state index contributed by atoms with van der Waals surface area (Å²) in [6.45, 7) is 13.0. The van der Waals surface area contributed by atoms with E-state index in [4.69, 9.17) is 10.5 Å². The monoisotopic (exact) mass is 343 g/mol. The summed E-state index contributed by atoms with van der Waals surface area (Å²) >= 11 is 0. The van der Waals surface area contributed by atoms with Crippen molar-refractivity contribution < 1.29 is 19.1 Å². The third-order valence-corrected chi connectivity index (χ3v) is 3.08. The Morgan fingerprint density at radius 2 is 1.38 bits per heavy atom. The quantitative estimate of drug-likeness (QED) is 0.625. The molecule has 0 fully saturated rings. The minimum atomic E-state index is -0.783. The molecule has 0 saturated carbocycles. The molecular weight excluding hydrogens is 310 g/mol. The molecule has 0 heterocycles. The van der Waals surface area contributed by atoms with Crippen LogP contribution < -0.4 is 16.4 Å².